The largest absolute Gasteiger partial charge is 0.348 e. The number of nitrogens with zero attached hydrogens (tertiary/aromatic N) is 3. The molecule has 2 N–H and O–H groups in total. The Balaban J connectivity index is 1.36. The number of hydrogen-bond donors (Lipinski definition) is 2. The van der Waals surface area contributed by atoms with E-state index >= 15 is 0 Å². The lowest BCUT2D eigenvalue weighted by molar-refractivity contribution is 0.0935. The number of anilines is 2. The summed E-state index contributed by atoms with van der Waals surface area (Å²) in [6.45, 7) is 2.00. The van der Waals surface area contributed by atoms with Crippen molar-refractivity contribution in [3.05, 3.63) is 90.5 Å². The first-order valence-corrected chi connectivity index (χ1v) is 11.4. The Morgan fingerprint density at radius 2 is 1.87 bits per heavy atom. The lowest BCUT2D eigenvalue weighted by Gasteiger charge is -2.14. The molecular weight excluding hydrogens is 426 g/mol. The van der Waals surface area contributed by atoms with Crippen LogP contribution in [0.2, 0.25) is 0 Å². The molecule has 1 amide bonds. The van der Waals surface area contributed by atoms with E-state index in [1.807, 2.05) is 55.6 Å². The molecule has 0 spiro atoms. The van der Waals surface area contributed by atoms with Crippen molar-refractivity contribution in [3.8, 4) is 0 Å². The first-order chi connectivity index (χ1) is 15.2. The fraction of sp³-hybridized carbons (Fsp3) is 0.130. The Bertz CT molecular complexity index is 1130. The third-order valence-corrected chi connectivity index (χ3v) is 6.33. The second-order valence-electron chi connectivity index (χ2n) is 6.87. The molecule has 3 heterocycles. The summed E-state index contributed by atoms with van der Waals surface area (Å²) in [5.74, 6) is 0.577. The number of rotatable bonds is 8. The van der Waals surface area contributed by atoms with Crippen LogP contribution in [0, 0.1) is 0 Å². The molecule has 0 aliphatic heterocycles. The zero-order valence-electron chi connectivity index (χ0n) is 16.9. The number of thiazole rings is 1. The summed E-state index contributed by atoms with van der Waals surface area (Å²) in [5.41, 5.74) is 1.59. The number of pyridine rings is 2. The second-order valence-corrected chi connectivity index (χ2v) is 9.27. The SMILES string of the molecule is CC(Cc1ccccc1)NC(=O)c1cc(Sc2cnc(Nc3ccccn3)s2)ccn1. The maximum Gasteiger partial charge on any atom is 0.270 e. The van der Waals surface area contributed by atoms with Gasteiger partial charge in [-0.2, -0.15) is 0 Å². The van der Waals surface area contributed by atoms with Crippen molar-refractivity contribution in [2.45, 2.75) is 28.5 Å². The summed E-state index contributed by atoms with van der Waals surface area (Å²) < 4.78 is 1.01. The van der Waals surface area contributed by atoms with Gasteiger partial charge in [-0.3, -0.25) is 9.78 Å². The Kier molecular flexibility index (Phi) is 6.91. The molecule has 0 saturated heterocycles. The van der Waals surface area contributed by atoms with Gasteiger partial charge >= 0.3 is 0 Å². The summed E-state index contributed by atoms with van der Waals surface area (Å²) in [7, 11) is 0. The molecule has 0 fully saturated rings. The fourth-order valence-corrected chi connectivity index (χ4v) is 4.83. The number of benzene rings is 1. The van der Waals surface area contributed by atoms with Crippen LogP contribution in [0.1, 0.15) is 23.0 Å². The standard InChI is InChI=1S/C23H21N5OS2/c1-16(13-17-7-3-2-4-8-17)27-22(29)19-14-18(10-12-24-19)30-21-15-26-23(31-21)28-20-9-5-6-11-25-20/h2-12,14-16H,13H2,1H3,(H,27,29)(H,25,26,28). The minimum Gasteiger partial charge on any atom is -0.348 e. The highest BCUT2D eigenvalue weighted by Crippen LogP contribution is 2.34. The van der Waals surface area contributed by atoms with Gasteiger partial charge in [0.05, 0.1) is 10.4 Å². The van der Waals surface area contributed by atoms with Crippen LogP contribution in [0.15, 0.2) is 88.4 Å². The van der Waals surface area contributed by atoms with Crippen LogP contribution >= 0.6 is 23.1 Å². The van der Waals surface area contributed by atoms with Gasteiger partial charge in [0.1, 0.15) is 11.5 Å². The molecule has 8 heteroatoms. The zero-order chi connectivity index (χ0) is 21.5. The highest BCUT2D eigenvalue weighted by molar-refractivity contribution is 8.01. The van der Waals surface area contributed by atoms with Crippen molar-refractivity contribution in [2.75, 3.05) is 5.32 Å². The molecule has 0 bridgehead atoms. The summed E-state index contributed by atoms with van der Waals surface area (Å²) in [5, 5.41) is 6.98. The predicted octanol–water partition coefficient (Wildman–Crippen LogP) is 5.19. The van der Waals surface area contributed by atoms with Crippen LogP contribution in [0.25, 0.3) is 0 Å². The molecule has 31 heavy (non-hydrogen) atoms. The third-order valence-electron chi connectivity index (χ3n) is 4.33. The fourth-order valence-electron chi connectivity index (χ4n) is 2.94. The van der Waals surface area contributed by atoms with Gasteiger partial charge in [-0.25, -0.2) is 9.97 Å². The molecule has 0 saturated carbocycles. The summed E-state index contributed by atoms with van der Waals surface area (Å²) in [4.78, 5) is 26.5. The van der Waals surface area contributed by atoms with Crippen LogP contribution < -0.4 is 10.6 Å². The van der Waals surface area contributed by atoms with E-state index in [9.17, 15) is 4.79 Å². The quantitative estimate of drug-likeness (QED) is 0.387. The van der Waals surface area contributed by atoms with Gasteiger partial charge in [0.15, 0.2) is 5.13 Å². The first kappa shape index (κ1) is 21.0. The highest BCUT2D eigenvalue weighted by atomic mass is 32.2. The molecule has 4 rings (SSSR count). The average molecular weight is 448 g/mol. The molecule has 1 aromatic carbocycles. The molecule has 4 aromatic rings. The molecule has 3 aromatic heterocycles. The molecule has 1 atom stereocenters. The Labute approximate surface area is 189 Å². The lowest BCUT2D eigenvalue weighted by Crippen LogP contribution is -2.34. The summed E-state index contributed by atoms with van der Waals surface area (Å²) in [6, 6.07) is 19.5. The second kappa shape index (κ2) is 10.2. The predicted molar refractivity (Wildman–Crippen MR) is 125 cm³/mol. The topological polar surface area (TPSA) is 79.8 Å². The monoisotopic (exact) mass is 447 g/mol. The van der Waals surface area contributed by atoms with Gasteiger partial charge in [-0.15, -0.1) is 0 Å². The molecular formula is C23H21N5OS2. The number of aromatic nitrogens is 3. The maximum atomic E-state index is 12.6. The van der Waals surface area contributed by atoms with Gasteiger partial charge in [-0.1, -0.05) is 59.5 Å². The number of nitrogens with one attached hydrogen (secondary N) is 2. The van der Waals surface area contributed by atoms with Gasteiger partial charge in [-0.05, 0) is 43.2 Å². The van der Waals surface area contributed by atoms with E-state index in [4.69, 9.17) is 0 Å². The van der Waals surface area contributed by atoms with Gasteiger partial charge < -0.3 is 10.6 Å². The molecule has 0 aliphatic carbocycles. The lowest BCUT2D eigenvalue weighted by atomic mass is 10.1. The number of amides is 1. The van der Waals surface area contributed by atoms with Crippen molar-refractivity contribution in [1.29, 1.82) is 0 Å². The van der Waals surface area contributed by atoms with E-state index in [0.29, 0.717) is 5.69 Å². The van der Waals surface area contributed by atoms with Gasteiger partial charge in [0, 0.05) is 23.3 Å². The van der Waals surface area contributed by atoms with Crippen molar-refractivity contribution in [1.82, 2.24) is 20.3 Å². The van der Waals surface area contributed by atoms with E-state index in [1.54, 1.807) is 30.2 Å². The first-order valence-electron chi connectivity index (χ1n) is 9.78. The average Bonchev–Trinajstić information content (AvgIpc) is 3.22. The van der Waals surface area contributed by atoms with Crippen molar-refractivity contribution >= 4 is 40.0 Å². The van der Waals surface area contributed by atoms with Crippen LogP contribution in [0.3, 0.4) is 0 Å². The summed E-state index contributed by atoms with van der Waals surface area (Å²) >= 11 is 3.08. The third kappa shape index (κ3) is 6.13. The zero-order valence-corrected chi connectivity index (χ0v) is 18.5. The normalized spacial score (nSPS) is 11.6. The van der Waals surface area contributed by atoms with E-state index in [1.165, 1.54) is 16.9 Å². The van der Waals surface area contributed by atoms with Crippen molar-refractivity contribution in [3.63, 3.8) is 0 Å². The number of carbonyl (C=O) groups is 1. The summed E-state index contributed by atoms with van der Waals surface area (Å²) in [6.07, 6.45) is 5.97. The highest BCUT2D eigenvalue weighted by Gasteiger charge is 2.13. The Morgan fingerprint density at radius 3 is 2.68 bits per heavy atom. The number of hydrogen-bond acceptors (Lipinski definition) is 7. The molecule has 0 aliphatic rings. The molecule has 0 radical (unpaired) electrons. The van der Waals surface area contributed by atoms with Crippen molar-refractivity contribution < 1.29 is 4.79 Å². The maximum absolute atomic E-state index is 12.6. The van der Waals surface area contributed by atoms with Crippen molar-refractivity contribution in [2.24, 2.45) is 0 Å². The van der Waals surface area contributed by atoms with E-state index in [0.717, 1.165) is 26.5 Å². The minimum atomic E-state index is -0.173. The smallest absolute Gasteiger partial charge is 0.270 e. The van der Waals surface area contributed by atoms with E-state index in [-0.39, 0.29) is 11.9 Å². The van der Waals surface area contributed by atoms with E-state index < -0.39 is 0 Å². The minimum absolute atomic E-state index is 0.00901. The van der Waals surface area contributed by atoms with Gasteiger partial charge in [0.2, 0.25) is 0 Å². The van der Waals surface area contributed by atoms with Crippen LogP contribution in [0.4, 0.5) is 10.9 Å². The molecule has 1 unspecified atom stereocenters. The van der Waals surface area contributed by atoms with Crippen LogP contribution in [-0.4, -0.2) is 26.9 Å². The number of carbonyl (C=O) groups excluding carboxylic acids is 1. The van der Waals surface area contributed by atoms with Crippen LogP contribution in [-0.2, 0) is 6.42 Å². The van der Waals surface area contributed by atoms with Crippen LogP contribution in [0.5, 0.6) is 0 Å². The molecule has 156 valence electrons. The molecule has 6 nitrogen and oxygen atoms in total. The Morgan fingerprint density at radius 1 is 1.03 bits per heavy atom. The Hall–Kier alpha value is -3.23. The van der Waals surface area contributed by atoms with Gasteiger partial charge in [0.25, 0.3) is 5.91 Å². The van der Waals surface area contributed by atoms with E-state index in [2.05, 4.69) is 37.7 Å².